The summed E-state index contributed by atoms with van der Waals surface area (Å²) in [5.74, 6) is -0.0500. The molecule has 1 rings (SSSR count). The molecule has 0 aromatic heterocycles. The lowest BCUT2D eigenvalue weighted by atomic mass is 10.2. The summed E-state index contributed by atoms with van der Waals surface area (Å²) in [6.45, 7) is 0.689. The van der Waals surface area contributed by atoms with Gasteiger partial charge in [0.2, 0.25) is 0 Å². The highest BCUT2D eigenvalue weighted by molar-refractivity contribution is 9.09. The molecule has 0 aliphatic heterocycles. The Morgan fingerprint density at radius 2 is 2.00 bits per heavy atom. The summed E-state index contributed by atoms with van der Waals surface area (Å²) in [6.07, 6.45) is 0.931. The van der Waals surface area contributed by atoms with E-state index >= 15 is 0 Å². The molecule has 0 aliphatic carbocycles. The Balaban J connectivity index is 2.48. The molecule has 0 spiro atoms. The van der Waals surface area contributed by atoms with Crippen LogP contribution in [0.25, 0.3) is 0 Å². The van der Waals surface area contributed by atoms with Crippen molar-refractivity contribution in [2.75, 3.05) is 17.6 Å². The molecule has 1 aromatic carbocycles. The van der Waals surface area contributed by atoms with Crippen LogP contribution in [0, 0.1) is 0 Å². The Bertz CT molecular complexity index is 297. The van der Waals surface area contributed by atoms with Crippen molar-refractivity contribution in [1.82, 2.24) is 5.32 Å². The van der Waals surface area contributed by atoms with E-state index in [1.165, 1.54) is 0 Å². The summed E-state index contributed by atoms with van der Waals surface area (Å²) in [6, 6.07) is 6.89. The summed E-state index contributed by atoms with van der Waals surface area (Å²) in [5, 5.41) is 3.71. The molecule has 0 heterocycles. The quantitative estimate of drug-likeness (QED) is 0.490. The molecule has 0 bridgehead atoms. The standard InChI is InChI=1S/C10H13BrN2O/c11-6-1-7-13-10(14)8-2-4-9(12)5-3-8/h2-5H,1,6-7,12H2,(H,13,14). The Morgan fingerprint density at radius 3 is 2.57 bits per heavy atom. The molecule has 1 aromatic rings. The summed E-state index contributed by atoms with van der Waals surface area (Å²) in [7, 11) is 0. The zero-order chi connectivity index (χ0) is 10.4. The molecular formula is C10H13BrN2O. The maximum atomic E-state index is 11.5. The van der Waals surface area contributed by atoms with E-state index in [9.17, 15) is 4.79 Å². The minimum Gasteiger partial charge on any atom is -0.399 e. The molecule has 0 saturated carbocycles. The van der Waals surface area contributed by atoms with Crippen LogP contribution in [-0.2, 0) is 0 Å². The zero-order valence-electron chi connectivity index (χ0n) is 7.79. The van der Waals surface area contributed by atoms with Gasteiger partial charge in [0, 0.05) is 23.1 Å². The van der Waals surface area contributed by atoms with E-state index in [1.54, 1.807) is 24.3 Å². The first-order valence-corrected chi connectivity index (χ1v) is 5.56. The first-order chi connectivity index (χ1) is 6.74. The molecule has 0 saturated heterocycles. The summed E-state index contributed by atoms with van der Waals surface area (Å²) in [5.41, 5.74) is 6.83. The molecule has 3 N–H and O–H groups in total. The van der Waals surface area contributed by atoms with Gasteiger partial charge in [0.05, 0.1) is 0 Å². The van der Waals surface area contributed by atoms with Gasteiger partial charge in [0.1, 0.15) is 0 Å². The van der Waals surface area contributed by atoms with Gasteiger partial charge in [-0.3, -0.25) is 4.79 Å². The van der Waals surface area contributed by atoms with Crippen molar-refractivity contribution in [3.63, 3.8) is 0 Å². The molecule has 14 heavy (non-hydrogen) atoms. The van der Waals surface area contributed by atoms with Gasteiger partial charge < -0.3 is 11.1 Å². The van der Waals surface area contributed by atoms with Crippen molar-refractivity contribution in [3.05, 3.63) is 29.8 Å². The Hall–Kier alpha value is -1.03. The second-order valence-corrected chi connectivity index (χ2v) is 3.71. The SMILES string of the molecule is Nc1ccc(C(=O)NCCCBr)cc1. The van der Waals surface area contributed by atoms with E-state index in [0.717, 1.165) is 11.8 Å². The topological polar surface area (TPSA) is 55.1 Å². The molecule has 0 fully saturated rings. The molecule has 0 aliphatic rings. The van der Waals surface area contributed by atoms with Crippen molar-refractivity contribution in [1.29, 1.82) is 0 Å². The second-order valence-electron chi connectivity index (χ2n) is 2.92. The highest BCUT2D eigenvalue weighted by Crippen LogP contribution is 2.04. The zero-order valence-corrected chi connectivity index (χ0v) is 9.38. The number of nitrogen functional groups attached to an aromatic ring is 1. The Kier molecular flexibility index (Phi) is 4.46. The number of carbonyl (C=O) groups excluding carboxylic acids is 1. The number of hydrogen-bond acceptors (Lipinski definition) is 2. The van der Waals surface area contributed by atoms with Crippen LogP contribution in [0.2, 0.25) is 0 Å². The first-order valence-electron chi connectivity index (χ1n) is 4.43. The van der Waals surface area contributed by atoms with Gasteiger partial charge in [-0.05, 0) is 30.7 Å². The van der Waals surface area contributed by atoms with Gasteiger partial charge in [-0.25, -0.2) is 0 Å². The molecule has 0 atom stereocenters. The number of benzene rings is 1. The van der Waals surface area contributed by atoms with Gasteiger partial charge in [-0.2, -0.15) is 0 Å². The van der Waals surface area contributed by atoms with E-state index < -0.39 is 0 Å². The number of carbonyl (C=O) groups is 1. The van der Waals surface area contributed by atoms with Gasteiger partial charge in [0.25, 0.3) is 5.91 Å². The number of alkyl halides is 1. The Morgan fingerprint density at radius 1 is 1.36 bits per heavy atom. The predicted octanol–water partition coefficient (Wildman–Crippen LogP) is 1.78. The molecule has 0 radical (unpaired) electrons. The second kappa shape index (κ2) is 5.65. The van der Waals surface area contributed by atoms with E-state index in [2.05, 4.69) is 21.2 Å². The number of amides is 1. The third kappa shape index (κ3) is 3.38. The van der Waals surface area contributed by atoms with Gasteiger partial charge in [-0.1, -0.05) is 15.9 Å². The minimum atomic E-state index is -0.0500. The Labute approximate surface area is 91.8 Å². The molecule has 76 valence electrons. The number of halogens is 1. The highest BCUT2D eigenvalue weighted by atomic mass is 79.9. The third-order valence-corrected chi connectivity index (χ3v) is 2.33. The van der Waals surface area contributed by atoms with Gasteiger partial charge >= 0.3 is 0 Å². The largest absolute Gasteiger partial charge is 0.399 e. The maximum Gasteiger partial charge on any atom is 0.251 e. The highest BCUT2D eigenvalue weighted by Gasteiger charge is 2.02. The van der Waals surface area contributed by atoms with Crippen LogP contribution in [-0.4, -0.2) is 17.8 Å². The number of nitrogens with two attached hydrogens (primary N) is 1. The van der Waals surface area contributed by atoms with Crippen LogP contribution >= 0.6 is 15.9 Å². The van der Waals surface area contributed by atoms with E-state index in [1.807, 2.05) is 0 Å². The predicted molar refractivity (Wildman–Crippen MR) is 61.6 cm³/mol. The monoisotopic (exact) mass is 256 g/mol. The molecular weight excluding hydrogens is 244 g/mol. The minimum absolute atomic E-state index is 0.0500. The molecule has 4 heteroatoms. The average molecular weight is 257 g/mol. The lowest BCUT2D eigenvalue weighted by molar-refractivity contribution is 0.0954. The average Bonchev–Trinajstić information content (AvgIpc) is 2.19. The fourth-order valence-corrected chi connectivity index (χ4v) is 1.29. The number of rotatable bonds is 4. The third-order valence-electron chi connectivity index (χ3n) is 1.77. The fraction of sp³-hybridized carbons (Fsp3) is 0.300. The number of nitrogens with one attached hydrogen (secondary N) is 1. The molecule has 0 unspecified atom stereocenters. The van der Waals surface area contributed by atoms with Crippen LogP contribution in [0.1, 0.15) is 16.8 Å². The van der Waals surface area contributed by atoms with Crippen molar-refractivity contribution in [2.24, 2.45) is 0 Å². The fourth-order valence-electron chi connectivity index (χ4n) is 1.01. The van der Waals surface area contributed by atoms with Crippen molar-refractivity contribution >= 4 is 27.5 Å². The van der Waals surface area contributed by atoms with Crippen LogP contribution in [0.3, 0.4) is 0 Å². The lowest BCUT2D eigenvalue weighted by Crippen LogP contribution is -2.24. The van der Waals surface area contributed by atoms with E-state index in [4.69, 9.17) is 5.73 Å². The van der Waals surface area contributed by atoms with Crippen LogP contribution in [0.5, 0.6) is 0 Å². The van der Waals surface area contributed by atoms with E-state index in [-0.39, 0.29) is 5.91 Å². The van der Waals surface area contributed by atoms with Gasteiger partial charge in [0.15, 0.2) is 0 Å². The van der Waals surface area contributed by atoms with Crippen LogP contribution < -0.4 is 11.1 Å². The van der Waals surface area contributed by atoms with Gasteiger partial charge in [-0.15, -0.1) is 0 Å². The molecule has 3 nitrogen and oxygen atoms in total. The first kappa shape index (κ1) is 11.0. The summed E-state index contributed by atoms with van der Waals surface area (Å²) >= 11 is 3.30. The van der Waals surface area contributed by atoms with Crippen molar-refractivity contribution in [2.45, 2.75) is 6.42 Å². The van der Waals surface area contributed by atoms with Crippen molar-refractivity contribution in [3.8, 4) is 0 Å². The lowest BCUT2D eigenvalue weighted by Gasteiger charge is -2.03. The van der Waals surface area contributed by atoms with Crippen LogP contribution in [0.15, 0.2) is 24.3 Å². The normalized spacial score (nSPS) is 9.79. The number of hydrogen-bond donors (Lipinski definition) is 2. The van der Waals surface area contributed by atoms with Crippen LogP contribution in [0.4, 0.5) is 5.69 Å². The molecule has 1 amide bonds. The number of anilines is 1. The maximum absolute atomic E-state index is 11.5. The summed E-state index contributed by atoms with van der Waals surface area (Å²) < 4.78 is 0. The van der Waals surface area contributed by atoms with Crippen molar-refractivity contribution < 1.29 is 4.79 Å². The smallest absolute Gasteiger partial charge is 0.251 e. The summed E-state index contributed by atoms with van der Waals surface area (Å²) in [4.78, 5) is 11.5. The van der Waals surface area contributed by atoms with E-state index in [0.29, 0.717) is 17.8 Å².